The van der Waals surface area contributed by atoms with Crippen molar-refractivity contribution in [2.45, 2.75) is 24.3 Å². The Morgan fingerprint density at radius 3 is 2.28 bits per heavy atom. The van der Waals surface area contributed by atoms with E-state index in [0.717, 1.165) is 41.8 Å². The van der Waals surface area contributed by atoms with Crippen LogP contribution in [-0.2, 0) is 21.4 Å². The summed E-state index contributed by atoms with van der Waals surface area (Å²) >= 11 is 0. The zero-order valence-electron chi connectivity index (χ0n) is 21.8. The minimum Gasteiger partial charge on any atom is -0.493 e. The number of hydrogen-bond acceptors (Lipinski definition) is 7. The van der Waals surface area contributed by atoms with Crippen LogP contribution in [0.15, 0.2) is 82.8 Å². The number of likely N-dealkylation sites (tertiary alicyclic amines) is 1. The Hall–Kier alpha value is -3.96. The molecule has 1 N–H and O–H groups in total. The van der Waals surface area contributed by atoms with E-state index in [1.165, 1.54) is 50.1 Å². The van der Waals surface area contributed by atoms with Crippen LogP contribution in [0.4, 0.5) is 10.1 Å². The lowest BCUT2D eigenvalue weighted by Gasteiger charge is -2.27. The zero-order valence-corrected chi connectivity index (χ0v) is 22.7. The summed E-state index contributed by atoms with van der Waals surface area (Å²) in [7, 11) is -1.41. The molecular weight excluding hydrogens is 523 g/mol. The van der Waals surface area contributed by atoms with Crippen LogP contribution in [-0.4, -0.2) is 58.8 Å². The standard InChI is InChI=1S/C28H31FN4O5S/c1-37-26-13-12-25(18-27(26)38-2)39(35,36)33(24-10-8-22(29)9-11-24)20-28(34)31-30-23-14-16-32(17-15-23)19-21-6-4-3-5-7-21/h3-13,18H,14-17,19-20H2,1-2H3,(H,31,34). The topological polar surface area (TPSA) is 101 Å². The van der Waals surface area contributed by atoms with Gasteiger partial charge in [0.15, 0.2) is 11.5 Å². The maximum atomic E-state index is 13.6. The maximum Gasteiger partial charge on any atom is 0.264 e. The minimum absolute atomic E-state index is 0.116. The van der Waals surface area contributed by atoms with Gasteiger partial charge in [-0.2, -0.15) is 5.10 Å². The van der Waals surface area contributed by atoms with Crippen molar-refractivity contribution in [2.24, 2.45) is 5.10 Å². The average molecular weight is 555 g/mol. The molecular formula is C28H31FN4O5S. The van der Waals surface area contributed by atoms with Gasteiger partial charge in [-0.1, -0.05) is 30.3 Å². The van der Waals surface area contributed by atoms with Gasteiger partial charge in [0.1, 0.15) is 12.4 Å². The van der Waals surface area contributed by atoms with Gasteiger partial charge in [0.2, 0.25) is 0 Å². The van der Waals surface area contributed by atoms with Crippen LogP contribution in [0.2, 0.25) is 0 Å². The summed E-state index contributed by atoms with van der Waals surface area (Å²) in [5.74, 6) is -0.584. The second kappa shape index (κ2) is 12.7. The van der Waals surface area contributed by atoms with Crippen LogP contribution >= 0.6 is 0 Å². The molecule has 1 aliphatic rings. The molecule has 0 unspecified atom stereocenters. The molecule has 4 rings (SSSR count). The van der Waals surface area contributed by atoms with Crippen LogP contribution < -0.4 is 19.2 Å². The molecule has 1 fully saturated rings. The Bertz CT molecular complexity index is 1410. The van der Waals surface area contributed by atoms with E-state index in [1.54, 1.807) is 0 Å². The number of rotatable bonds is 10. The van der Waals surface area contributed by atoms with Crippen molar-refractivity contribution in [3.63, 3.8) is 0 Å². The number of nitrogens with one attached hydrogen (secondary N) is 1. The Balaban J connectivity index is 1.46. The van der Waals surface area contributed by atoms with Crippen molar-refractivity contribution >= 4 is 27.3 Å². The SMILES string of the molecule is COc1ccc(S(=O)(=O)N(CC(=O)NN=C2CCN(Cc3ccccc3)CC2)c2ccc(F)cc2)cc1OC. The fourth-order valence-corrected chi connectivity index (χ4v) is 5.69. The second-order valence-corrected chi connectivity index (χ2v) is 10.8. The van der Waals surface area contributed by atoms with E-state index in [-0.39, 0.29) is 16.3 Å². The summed E-state index contributed by atoms with van der Waals surface area (Å²) in [4.78, 5) is 15.1. The Labute approximate surface area is 227 Å². The van der Waals surface area contributed by atoms with Gasteiger partial charge in [-0.15, -0.1) is 0 Å². The number of anilines is 1. The van der Waals surface area contributed by atoms with Crippen molar-refractivity contribution in [3.8, 4) is 11.5 Å². The number of halogens is 1. The lowest BCUT2D eigenvalue weighted by Crippen LogP contribution is -2.40. The number of benzene rings is 3. The number of methoxy groups -OCH3 is 2. The molecule has 3 aromatic rings. The summed E-state index contributed by atoms with van der Waals surface area (Å²) in [5.41, 5.74) is 4.70. The van der Waals surface area contributed by atoms with Gasteiger partial charge in [-0.3, -0.25) is 14.0 Å². The van der Waals surface area contributed by atoms with E-state index >= 15 is 0 Å². The molecule has 1 heterocycles. The average Bonchev–Trinajstić information content (AvgIpc) is 2.96. The number of carbonyl (C=O) groups excluding carboxylic acids is 1. The number of nitrogens with zero attached hydrogens (tertiary/aromatic N) is 3. The van der Waals surface area contributed by atoms with Crippen molar-refractivity contribution in [1.29, 1.82) is 0 Å². The van der Waals surface area contributed by atoms with Gasteiger partial charge >= 0.3 is 0 Å². The van der Waals surface area contributed by atoms with Crippen LogP contribution in [0.5, 0.6) is 11.5 Å². The molecule has 3 aromatic carbocycles. The smallest absolute Gasteiger partial charge is 0.264 e. The van der Waals surface area contributed by atoms with E-state index in [4.69, 9.17) is 9.47 Å². The van der Waals surface area contributed by atoms with E-state index < -0.39 is 28.3 Å². The summed E-state index contributed by atoms with van der Waals surface area (Å²) in [6, 6.07) is 19.2. The molecule has 11 heteroatoms. The Morgan fingerprint density at radius 1 is 0.974 bits per heavy atom. The Morgan fingerprint density at radius 2 is 1.64 bits per heavy atom. The largest absolute Gasteiger partial charge is 0.493 e. The van der Waals surface area contributed by atoms with Gasteiger partial charge < -0.3 is 9.47 Å². The van der Waals surface area contributed by atoms with Crippen LogP contribution in [0.25, 0.3) is 0 Å². The molecule has 206 valence electrons. The van der Waals surface area contributed by atoms with E-state index in [0.29, 0.717) is 18.6 Å². The summed E-state index contributed by atoms with van der Waals surface area (Å²) in [6.07, 6.45) is 1.39. The first-order valence-corrected chi connectivity index (χ1v) is 13.8. The monoisotopic (exact) mass is 554 g/mol. The quantitative estimate of drug-likeness (QED) is 0.383. The summed E-state index contributed by atoms with van der Waals surface area (Å²) in [6.45, 7) is 1.90. The molecule has 0 saturated carbocycles. The van der Waals surface area contributed by atoms with Gasteiger partial charge in [-0.05, 0) is 42.0 Å². The molecule has 0 spiro atoms. The van der Waals surface area contributed by atoms with Crippen LogP contribution in [0, 0.1) is 5.82 Å². The second-order valence-electron chi connectivity index (χ2n) is 8.98. The maximum absolute atomic E-state index is 13.6. The summed E-state index contributed by atoms with van der Waals surface area (Å²) < 4.78 is 52.2. The van der Waals surface area contributed by atoms with E-state index in [1.807, 2.05) is 18.2 Å². The summed E-state index contributed by atoms with van der Waals surface area (Å²) in [5, 5.41) is 4.26. The molecule has 9 nitrogen and oxygen atoms in total. The molecule has 39 heavy (non-hydrogen) atoms. The third kappa shape index (κ3) is 7.12. The van der Waals surface area contributed by atoms with Gasteiger partial charge in [0.05, 0.1) is 24.8 Å². The van der Waals surface area contributed by atoms with Crippen LogP contribution in [0.1, 0.15) is 18.4 Å². The van der Waals surface area contributed by atoms with Crippen molar-refractivity contribution < 1.29 is 27.1 Å². The molecule has 0 aliphatic carbocycles. The van der Waals surface area contributed by atoms with E-state index in [9.17, 15) is 17.6 Å². The van der Waals surface area contributed by atoms with Crippen molar-refractivity contribution in [1.82, 2.24) is 10.3 Å². The number of amides is 1. The first-order valence-electron chi connectivity index (χ1n) is 12.4. The van der Waals surface area contributed by atoms with Gasteiger partial charge in [0, 0.05) is 44.3 Å². The van der Waals surface area contributed by atoms with Gasteiger partial charge in [0.25, 0.3) is 15.9 Å². The molecule has 1 amide bonds. The first-order chi connectivity index (χ1) is 18.8. The molecule has 0 atom stereocenters. The minimum atomic E-state index is -4.24. The van der Waals surface area contributed by atoms with Gasteiger partial charge in [-0.25, -0.2) is 18.2 Å². The number of ether oxygens (including phenoxy) is 2. The molecule has 0 aromatic heterocycles. The highest BCUT2D eigenvalue weighted by Crippen LogP contribution is 2.32. The molecule has 0 bridgehead atoms. The normalized spacial score (nSPS) is 14.0. The predicted octanol–water partition coefficient (Wildman–Crippen LogP) is 3.81. The number of carbonyl (C=O) groups is 1. The fourth-order valence-electron chi connectivity index (χ4n) is 4.26. The number of piperidine rings is 1. The third-order valence-electron chi connectivity index (χ3n) is 6.37. The number of hydrogen-bond donors (Lipinski definition) is 1. The highest BCUT2D eigenvalue weighted by Gasteiger charge is 2.28. The van der Waals surface area contributed by atoms with Crippen molar-refractivity contribution in [2.75, 3.05) is 38.2 Å². The fraction of sp³-hybridized carbons (Fsp3) is 0.286. The number of hydrazone groups is 1. The van der Waals surface area contributed by atoms with E-state index in [2.05, 4.69) is 27.6 Å². The number of sulfonamides is 1. The highest BCUT2D eigenvalue weighted by molar-refractivity contribution is 7.92. The molecule has 0 radical (unpaired) electrons. The van der Waals surface area contributed by atoms with Crippen LogP contribution in [0.3, 0.4) is 0 Å². The lowest BCUT2D eigenvalue weighted by atomic mass is 10.1. The molecule has 1 aliphatic heterocycles. The Kier molecular flexibility index (Phi) is 9.15. The highest BCUT2D eigenvalue weighted by atomic mass is 32.2. The lowest BCUT2D eigenvalue weighted by molar-refractivity contribution is -0.119. The third-order valence-corrected chi connectivity index (χ3v) is 8.14. The predicted molar refractivity (Wildman–Crippen MR) is 147 cm³/mol. The zero-order chi connectivity index (χ0) is 27.8. The molecule has 1 saturated heterocycles. The first kappa shape index (κ1) is 28.1. The van der Waals surface area contributed by atoms with Crippen molar-refractivity contribution in [3.05, 3.63) is 84.2 Å².